The van der Waals surface area contributed by atoms with Crippen molar-refractivity contribution in [3.63, 3.8) is 0 Å². The van der Waals surface area contributed by atoms with Crippen LogP contribution in [0.1, 0.15) is 39.5 Å². The topological polar surface area (TPSA) is 26.3 Å². The maximum Gasteiger partial charge on any atom is 0.306 e. The fourth-order valence-corrected chi connectivity index (χ4v) is 2.63. The minimum atomic E-state index is -0.0488. The van der Waals surface area contributed by atoms with E-state index in [0.717, 1.165) is 5.75 Å². The average molecular weight is 216 g/mol. The molecule has 0 heterocycles. The van der Waals surface area contributed by atoms with E-state index in [1.54, 1.807) is 0 Å². The third-order valence-corrected chi connectivity index (χ3v) is 4.63. The van der Waals surface area contributed by atoms with E-state index in [1.165, 1.54) is 26.4 Å². The number of thioether (sulfide) groups is 1. The molecule has 0 aromatic heterocycles. The lowest BCUT2D eigenvalue weighted by atomic mass is 10.1. The van der Waals surface area contributed by atoms with Crippen molar-refractivity contribution in [2.75, 3.05) is 12.9 Å². The number of rotatable bonds is 6. The molecule has 1 rings (SSSR count). The van der Waals surface area contributed by atoms with Crippen LogP contribution in [-0.4, -0.2) is 24.1 Å². The Labute approximate surface area is 90.8 Å². The molecule has 0 N–H and O–H groups in total. The predicted molar refractivity (Wildman–Crippen MR) is 60.5 cm³/mol. The lowest BCUT2D eigenvalue weighted by molar-refractivity contribution is -0.141. The molecule has 14 heavy (non-hydrogen) atoms. The van der Waals surface area contributed by atoms with Gasteiger partial charge in [0.1, 0.15) is 0 Å². The molecule has 1 aliphatic rings. The van der Waals surface area contributed by atoms with Crippen molar-refractivity contribution in [2.45, 2.75) is 44.8 Å². The van der Waals surface area contributed by atoms with Gasteiger partial charge in [0.15, 0.2) is 0 Å². The quantitative estimate of drug-likeness (QED) is 0.639. The van der Waals surface area contributed by atoms with Crippen molar-refractivity contribution in [3.05, 3.63) is 0 Å². The molecule has 0 bridgehead atoms. The van der Waals surface area contributed by atoms with Crippen molar-refractivity contribution in [2.24, 2.45) is 5.41 Å². The second-order valence-corrected chi connectivity index (χ2v) is 5.71. The minimum Gasteiger partial charge on any atom is -0.469 e. The highest BCUT2D eigenvalue weighted by atomic mass is 32.2. The molecule has 0 aromatic carbocycles. The summed E-state index contributed by atoms with van der Waals surface area (Å²) >= 11 is 1.99. The normalized spacial score (nSPS) is 20.2. The molecule has 0 spiro atoms. The van der Waals surface area contributed by atoms with Crippen molar-refractivity contribution < 1.29 is 9.53 Å². The van der Waals surface area contributed by atoms with Crippen LogP contribution in [0, 0.1) is 5.41 Å². The molecule has 1 fully saturated rings. The molecule has 1 aliphatic carbocycles. The first-order valence-electron chi connectivity index (χ1n) is 5.30. The summed E-state index contributed by atoms with van der Waals surface area (Å²) in [4.78, 5) is 11.2. The smallest absolute Gasteiger partial charge is 0.306 e. The maximum absolute atomic E-state index is 11.2. The van der Waals surface area contributed by atoms with E-state index < -0.39 is 0 Å². The Morgan fingerprint density at radius 3 is 2.64 bits per heavy atom. The van der Waals surface area contributed by atoms with Gasteiger partial charge in [-0.25, -0.2) is 0 Å². The van der Waals surface area contributed by atoms with Gasteiger partial charge in [0.25, 0.3) is 0 Å². The van der Waals surface area contributed by atoms with E-state index in [9.17, 15) is 4.79 Å². The zero-order valence-corrected chi connectivity index (χ0v) is 10.2. The summed E-state index contributed by atoms with van der Waals surface area (Å²) in [5, 5.41) is 0.713. The largest absolute Gasteiger partial charge is 0.469 e. The van der Waals surface area contributed by atoms with Gasteiger partial charge < -0.3 is 4.74 Å². The van der Waals surface area contributed by atoms with E-state index in [-0.39, 0.29) is 5.97 Å². The first-order chi connectivity index (χ1) is 6.62. The summed E-state index contributed by atoms with van der Waals surface area (Å²) < 4.78 is 4.71. The van der Waals surface area contributed by atoms with Crippen LogP contribution >= 0.6 is 11.8 Å². The van der Waals surface area contributed by atoms with Crippen molar-refractivity contribution >= 4 is 17.7 Å². The van der Waals surface area contributed by atoms with Gasteiger partial charge in [-0.2, -0.15) is 11.8 Å². The second kappa shape index (κ2) is 5.06. The molecular weight excluding hydrogens is 196 g/mol. The zero-order chi connectivity index (χ0) is 10.6. The summed E-state index contributed by atoms with van der Waals surface area (Å²) in [7, 11) is 1.47. The number of methoxy groups -OCH3 is 1. The van der Waals surface area contributed by atoms with Crippen LogP contribution < -0.4 is 0 Å². The van der Waals surface area contributed by atoms with Gasteiger partial charge in [0.05, 0.1) is 13.5 Å². The highest BCUT2D eigenvalue weighted by Crippen LogP contribution is 2.51. The molecule has 82 valence electrons. The van der Waals surface area contributed by atoms with Crippen LogP contribution in [0.4, 0.5) is 0 Å². The molecule has 0 amide bonds. The van der Waals surface area contributed by atoms with Gasteiger partial charge in [-0.1, -0.05) is 13.8 Å². The van der Waals surface area contributed by atoms with Crippen molar-refractivity contribution in [3.8, 4) is 0 Å². The third-order valence-electron chi connectivity index (χ3n) is 2.95. The fourth-order valence-electron chi connectivity index (χ4n) is 1.36. The second-order valence-electron chi connectivity index (χ2n) is 4.28. The number of esters is 1. The number of carbonyl (C=O) groups is 1. The Kier molecular flexibility index (Phi) is 4.30. The van der Waals surface area contributed by atoms with Gasteiger partial charge in [0.2, 0.25) is 0 Å². The molecule has 1 saturated carbocycles. The first kappa shape index (κ1) is 11.9. The molecule has 1 atom stereocenters. The molecule has 3 heteroatoms. The van der Waals surface area contributed by atoms with E-state index in [2.05, 4.69) is 13.8 Å². The van der Waals surface area contributed by atoms with Crippen LogP contribution in [0.2, 0.25) is 0 Å². The molecule has 0 saturated heterocycles. The standard InChI is InChI=1S/C11H20O2S/c1-4-9(2)14-8-11(5-6-11)7-10(12)13-3/h9H,4-8H2,1-3H3. The summed E-state index contributed by atoms with van der Waals surface area (Å²) in [6.07, 6.45) is 4.23. The van der Waals surface area contributed by atoms with Crippen LogP contribution in [0.5, 0.6) is 0 Å². The van der Waals surface area contributed by atoms with Crippen LogP contribution in [0.3, 0.4) is 0 Å². The van der Waals surface area contributed by atoms with E-state index in [0.29, 0.717) is 17.1 Å². The minimum absolute atomic E-state index is 0.0488. The van der Waals surface area contributed by atoms with Gasteiger partial charge in [-0.3, -0.25) is 4.79 Å². The predicted octanol–water partition coefficient (Wildman–Crippen LogP) is 2.86. The van der Waals surface area contributed by atoms with Crippen LogP contribution in [-0.2, 0) is 9.53 Å². The Balaban J connectivity index is 2.25. The summed E-state index contributed by atoms with van der Waals surface area (Å²) in [6.45, 7) is 4.45. The van der Waals surface area contributed by atoms with Gasteiger partial charge in [0, 0.05) is 5.25 Å². The number of hydrogen-bond acceptors (Lipinski definition) is 3. The average Bonchev–Trinajstić information content (AvgIpc) is 2.94. The van der Waals surface area contributed by atoms with Crippen LogP contribution in [0.25, 0.3) is 0 Å². The lowest BCUT2D eigenvalue weighted by Gasteiger charge is -2.15. The molecule has 2 nitrogen and oxygen atoms in total. The van der Waals surface area contributed by atoms with Gasteiger partial charge in [-0.15, -0.1) is 0 Å². The fraction of sp³-hybridized carbons (Fsp3) is 0.909. The lowest BCUT2D eigenvalue weighted by Crippen LogP contribution is -2.14. The number of ether oxygens (including phenoxy) is 1. The Morgan fingerprint density at radius 2 is 2.21 bits per heavy atom. The summed E-state index contributed by atoms with van der Waals surface area (Å²) in [5.74, 6) is 1.07. The third kappa shape index (κ3) is 3.52. The Morgan fingerprint density at radius 1 is 1.57 bits per heavy atom. The van der Waals surface area contributed by atoms with Gasteiger partial charge in [-0.05, 0) is 30.4 Å². The Bertz CT molecular complexity index is 199. The molecular formula is C11H20O2S. The van der Waals surface area contributed by atoms with E-state index in [4.69, 9.17) is 4.74 Å². The van der Waals surface area contributed by atoms with Crippen molar-refractivity contribution in [1.29, 1.82) is 0 Å². The van der Waals surface area contributed by atoms with Crippen LogP contribution in [0.15, 0.2) is 0 Å². The molecule has 0 radical (unpaired) electrons. The molecule has 1 unspecified atom stereocenters. The van der Waals surface area contributed by atoms with E-state index in [1.807, 2.05) is 11.8 Å². The number of hydrogen-bond donors (Lipinski definition) is 0. The highest BCUT2D eigenvalue weighted by Gasteiger charge is 2.44. The van der Waals surface area contributed by atoms with E-state index >= 15 is 0 Å². The highest BCUT2D eigenvalue weighted by molar-refractivity contribution is 7.99. The zero-order valence-electron chi connectivity index (χ0n) is 9.34. The SMILES string of the molecule is CCC(C)SCC1(CC(=O)OC)CC1. The number of carbonyl (C=O) groups excluding carboxylic acids is 1. The molecule has 0 aliphatic heterocycles. The van der Waals surface area contributed by atoms with Crippen molar-refractivity contribution in [1.82, 2.24) is 0 Å². The summed E-state index contributed by atoms with van der Waals surface area (Å²) in [6, 6.07) is 0. The summed E-state index contributed by atoms with van der Waals surface area (Å²) in [5.41, 5.74) is 0.293. The first-order valence-corrected chi connectivity index (χ1v) is 6.35. The molecule has 0 aromatic rings. The Hall–Kier alpha value is -0.180. The maximum atomic E-state index is 11.2. The van der Waals surface area contributed by atoms with Gasteiger partial charge >= 0.3 is 5.97 Å². The monoisotopic (exact) mass is 216 g/mol.